The number of amides is 2. The fraction of sp³-hybridized carbons (Fsp3) is 0.308. The van der Waals surface area contributed by atoms with Crippen LogP contribution in [0.15, 0.2) is 77.4 Å². The molecule has 0 unspecified atom stereocenters. The van der Waals surface area contributed by atoms with E-state index in [-0.39, 0.29) is 18.4 Å². The number of rotatable bonds is 8. The Kier molecular flexibility index (Phi) is 7.93. The van der Waals surface area contributed by atoms with Crippen LogP contribution in [0.3, 0.4) is 0 Å². The van der Waals surface area contributed by atoms with Gasteiger partial charge in [-0.05, 0) is 36.2 Å². The van der Waals surface area contributed by atoms with E-state index < -0.39 is 11.8 Å². The van der Waals surface area contributed by atoms with Crippen LogP contribution in [-0.4, -0.2) is 56.0 Å². The number of carbonyl (C=O) groups is 2. The maximum atomic E-state index is 14.2. The summed E-state index contributed by atoms with van der Waals surface area (Å²) in [7, 11) is 0. The molecule has 4 rings (SSSR count). The minimum Gasteiger partial charge on any atom is -0.468 e. The Morgan fingerprint density at radius 1 is 0.882 bits per heavy atom. The van der Waals surface area contributed by atoms with E-state index in [1.165, 1.54) is 6.07 Å². The highest BCUT2D eigenvalue weighted by molar-refractivity contribution is 6.35. The van der Waals surface area contributed by atoms with Crippen LogP contribution >= 0.6 is 0 Å². The summed E-state index contributed by atoms with van der Waals surface area (Å²) in [5.74, 6) is -0.846. The number of carbonyl (C=O) groups excluding carboxylic acids is 2. The molecule has 3 aromatic rings. The third-order valence-corrected chi connectivity index (χ3v) is 6.02. The van der Waals surface area contributed by atoms with Gasteiger partial charge in [0.1, 0.15) is 11.6 Å². The van der Waals surface area contributed by atoms with E-state index in [4.69, 9.17) is 4.42 Å². The van der Waals surface area contributed by atoms with Crippen LogP contribution < -0.4 is 15.5 Å². The summed E-state index contributed by atoms with van der Waals surface area (Å²) in [4.78, 5) is 28.8. The first-order valence-electron chi connectivity index (χ1n) is 11.5. The van der Waals surface area contributed by atoms with Crippen molar-refractivity contribution < 1.29 is 18.4 Å². The van der Waals surface area contributed by atoms with E-state index in [0.717, 1.165) is 5.56 Å². The van der Waals surface area contributed by atoms with Crippen molar-refractivity contribution in [2.75, 3.05) is 44.2 Å². The van der Waals surface area contributed by atoms with Crippen LogP contribution in [0, 0.1) is 5.82 Å². The number of nitrogens with one attached hydrogen (secondary N) is 2. The second-order valence-corrected chi connectivity index (χ2v) is 8.21. The summed E-state index contributed by atoms with van der Waals surface area (Å²) < 4.78 is 19.8. The van der Waals surface area contributed by atoms with Gasteiger partial charge in [-0.1, -0.05) is 42.5 Å². The summed E-state index contributed by atoms with van der Waals surface area (Å²) >= 11 is 0. The average Bonchev–Trinajstić information content (AvgIpc) is 3.40. The van der Waals surface area contributed by atoms with Gasteiger partial charge in [0, 0.05) is 39.3 Å². The molecule has 2 N–H and O–H groups in total. The molecule has 8 heteroatoms. The Bertz CT molecular complexity index is 1070. The Morgan fingerprint density at radius 2 is 1.59 bits per heavy atom. The van der Waals surface area contributed by atoms with Crippen LogP contribution in [0.25, 0.3) is 0 Å². The highest BCUT2D eigenvalue weighted by Crippen LogP contribution is 2.25. The van der Waals surface area contributed by atoms with Crippen LogP contribution in [-0.2, 0) is 16.0 Å². The molecule has 34 heavy (non-hydrogen) atoms. The Hall–Kier alpha value is -3.65. The number of piperazine rings is 1. The van der Waals surface area contributed by atoms with Crippen LogP contribution in [0.4, 0.5) is 10.1 Å². The molecule has 2 aromatic carbocycles. The van der Waals surface area contributed by atoms with Crippen molar-refractivity contribution in [2.24, 2.45) is 0 Å². The molecule has 1 saturated heterocycles. The van der Waals surface area contributed by atoms with Gasteiger partial charge in [0.25, 0.3) is 0 Å². The van der Waals surface area contributed by atoms with E-state index in [1.807, 2.05) is 47.4 Å². The molecule has 0 saturated carbocycles. The van der Waals surface area contributed by atoms with Gasteiger partial charge in [-0.25, -0.2) is 4.39 Å². The Morgan fingerprint density at radius 3 is 2.29 bits per heavy atom. The highest BCUT2D eigenvalue weighted by Gasteiger charge is 2.28. The minimum absolute atomic E-state index is 0.223. The third kappa shape index (κ3) is 6.02. The molecule has 1 aliphatic heterocycles. The lowest BCUT2D eigenvalue weighted by molar-refractivity contribution is -0.139. The van der Waals surface area contributed by atoms with Crippen molar-refractivity contribution in [3.63, 3.8) is 0 Å². The third-order valence-electron chi connectivity index (χ3n) is 6.02. The quantitative estimate of drug-likeness (QED) is 0.502. The van der Waals surface area contributed by atoms with Gasteiger partial charge in [-0.15, -0.1) is 0 Å². The number of benzene rings is 2. The predicted molar refractivity (Wildman–Crippen MR) is 128 cm³/mol. The van der Waals surface area contributed by atoms with Gasteiger partial charge < -0.3 is 20.0 Å². The number of para-hydroxylation sites is 1. The van der Waals surface area contributed by atoms with E-state index in [9.17, 15) is 14.0 Å². The smallest absolute Gasteiger partial charge is 0.309 e. The number of hydrogen-bond donors (Lipinski definition) is 2. The molecular formula is C26H29FN4O3. The molecule has 0 bridgehead atoms. The van der Waals surface area contributed by atoms with Gasteiger partial charge >= 0.3 is 11.8 Å². The van der Waals surface area contributed by atoms with Gasteiger partial charge in [0.2, 0.25) is 0 Å². The topological polar surface area (TPSA) is 77.8 Å². The highest BCUT2D eigenvalue weighted by atomic mass is 19.1. The summed E-state index contributed by atoms with van der Waals surface area (Å²) in [6, 6.07) is 20.0. The van der Waals surface area contributed by atoms with Crippen molar-refractivity contribution in [3.8, 4) is 0 Å². The Balaban J connectivity index is 1.29. The SMILES string of the molecule is O=C(NCCc1ccccc1)C(=O)NC[C@@H](c1ccco1)N1CCN(c2ccccc2F)CC1. The fourth-order valence-corrected chi connectivity index (χ4v) is 4.19. The molecule has 1 atom stereocenters. The second kappa shape index (κ2) is 11.5. The largest absolute Gasteiger partial charge is 0.468 e. The summed E-state index contributed by atoms with van der Waals surface area (Å²) in [6.45, 7) is 3.24. The van der Waals surface area contributed by atoms with Gasteiger partial charge in [0.05, 0.1) is 18.0 Å². The number of furan rings is 1. The van der Waals surface area contributed by atoms with E-state index >= 15 is 0 Å². The van der Waals surface area contributed by atoms with Gasteiger partial charge in [-0.2, -0.15) is 0 Å². The van der Waals surface area contributed by atoms with Crippen molar-refractivity contribution in [1.29, 1.82) is 0 Å². The molecule has 0 spiro atoms. The maximum absolute atomic E-state index is 14.2. The molecule has 0 radical (unpaired) electrons. The zero-order valence-corrected chi connectivity index (χ0v) is 19.0. The van der Waals surface area contributed by atoms with Crippen LogP contribution in [0.5, 0.6) is 0 Å². The van der Waals surface area contributed by atoms with Crippen molar-refractivity contribution in [1.82, 2.24) is 15.5 Å². The molecule has 0 aliphatic carbocycles. The molecule has 1 aromatic heterocycles. The first-order valence-corrected chi connectivity index (χ1v) is 11.5. The predicted octanol–water partition coefficient (Wildman–Crippen LogP) is 2.76. The van der Waals surface area contributed by atoms with Crippen molar-refractivity contribution in [3.05, 3.63) is 90.1 Å². The van der Waals surface area contributed by atoms with E-state index in [2.05, 4.69) is 15.5 Å². The second-order valence-electron chi connectivity index (χ2n) is 8.21. The zero-order chi connectivity index (χ0) is 23.8. The fourth-order valence-electron chi connectivity index (χ4n) is 4.19. The van der Waals surface area contributed by atoms with Gasteiger partial charge in [-0.3, -0.25) is 14.5 Å². The van der Waals surface area contributed by atoms with Crippen LogP contribution in [0.2, 0.25) is 0 Å². The molecule has 7 nitrogen and oxygen atoms in total. The first kappa shape index (κ1) is 23.5. The Labute approximate surface area is 198 Å². The zero-order valence-electron chi connectivity index (χ0n) is 19.0. The summed E-state index contributed by atoms with van der Waals surface area (Å²) in [5.41, 5.74) is 1.69. The van der Waals surface area contributed by atoms with Crippen molar-refractivity contribution in [2.45, 2.75) is 12.5 Å². The monoisotopic (exact) mass is 464 g/mol. The average molecular weight is 465 g/mol. The summed E-state index contributed by atoms with van der Waals surface area (Å²) in [5, 5.41) is 5.41. The first-order chi connectivity index (χ1) is 16.6. The molecule has 2 heterocycles. The molecule has 1 fully saturated rings. The molecule has 178 valence electrons. The lowest BCUT2D eigenvalue weighted by Gasteiger charge is -2.39. The van der Waals surface area contributed by atoms with E-state index in [1.54, 1.807) is 24.5 Å². The number of halogens is 1. The number of hydrogen-bond acceptors (Lipinski definition) is 5. The van der Waals surface area contributed by atoms with Crippen LogP contribution in [0.1, 0.15) is 17.4 Å². The number of anilines is 1. The standard InChI is InChI=1S/C26H29FN4O3/c27-21-9-4-5-10-22(21)30-14-16-31(17-15-30)23(24-11-6-18-34-24)19-29-26(33)25(32)28-13-12-20-7-2-1-3-8-20/h1-11,18,23H,12-17,19H2,(H,28,32)(H,29,33)/t23-/m0/s1. The van der Waals surface area contributed by atoms with Gasteiger partial charge in [0.15, 0.2) is 0 Å². The molecule has 2 amide bonds. The number of nitrogens with zero attached hydrogens (tertiary/aromatic N) is 2. The lowest BCUT2D eigenvalue weighted by atomic mass is 10.1. The summed E-state index contributed by atoms with van der Waals surface area (Å²) in [6.07, 6.45) is 2.25. The normalized spacial score (nSPS) is 15.0. The maximum Gasteiger partial charge on any atom is 0.309 e. The molecule has 1 aliphatic rings. The lowest BCUT2D eigenvalue weighted by Crippen LogP contribution is -2.51. The molecular weight excluding hydrogens is 435 g/mol. The van der Waals surface area contributed by atoms with E-state index in [0.29, 0.717) is 50.6 Å². The van der Waals surface area contributed by atoms with Crippen molar-refractivity contribution >= 4 is 17.5 Å². The minimum atomic E-state index is -0.672.